The molecule has 2 aliphatic rings. The summed E-state index contributed by atoms with van der Waals surface area (Å²) in [7, 11) is 0. The Morgan fingerprint density at radius 2 is 1.84 bits per heavy atom. The number of benzene rings is 3. The summed E-state index contributed by atoms with van der Waals surface area (Å²) in [6.45, 7) is 5.95. The molecule has 5 rings (SSSR count). The Morgan fingerprint density at radius 1 is 1.03 bits per heavy atom. The van der Waals surface area contributed by atoms with E-state index in [9.17, 15) is 9.90 Å². The van der Waals surface area contributed by atoms with Gasteiger partial charge in [0.15, 0.2) is 0 Å². The molecule has 1 unspecified atom stereocenters. The van der Waals surface area contributed by atoms with Crippen LogP contribution in [0.3, 0.4) is 0 Å². The van der Waals surface area contributed by atoms with Gasteiger partial charge in [-0.25, -0.2) is 0 Å². The lowest BCUT2D eigenvalue weighted by Crippen LogP contribution is -2.33. The SMILES string of the molecule is Cc1cc(OC[C@@H]2C[C@H](O)CCO2)cc(C)c1-c1cccc(COc2ccc3c(c2)OCC3CC(=O)O)c1. The van der Waals surface area contributed by atoms with Crippen LogP contribution in [0.5, 0.6) is 17.2 Å². The average Bonchev–Trinajstić information content (AvgIpc) is 3.27. The quantitative estimate of drug-likeness (QED) is 0.391. The second kappa shape index (κ2) is 11.5. The highest BCUT2D eigenvalue weighted by Gasteiger charge is 2.26. The molecule has 1 saturated heterocycles. The maximum atomic E-state index is 11.1. The van der Waals surface area contributed by atoms with Crippen LogP contribution in [0.15, 0.2) is 54.6 Å². The highest BCUT2D eigenvalue weighted by molar-refractivity contribution is 5.72. The Bertz CT molecular complexity index is 1280. The van der Waals surface area contributed by atoms with E-state index < -0.39 is 5.97 Å². The maximum Gasteiger partial charge on any atom is 0.304 e. The highest BCUT2D eigenvalue weighted by atomic mass is 16.5. The van der Waals surface area contributed by atoms with Crippen LogP contribution < -0.4 is 14.2 Å². The maximum absolute atomic E-state index is 11.1. The number of hydrogen-bond donors (Lipinski definition) is 2. The zero-order valence-corrected chi connectivity index (χ0v) is 21.8. The Hall–Kier alpha value is -3.55. The van der Waals surface area contributed by atoms with Gasteiger partial charge in [0.05, 0.1) is 25.2 Å². The van der Waals surface area contributed by atoms with E-state index >= 15 is 0 Å². The second-order valence-corrected chi connectivity index (χ2v) is 10.2. The van der Waals surface area contributed by atoms with E-state index in [1.165, 1.54) is 5.56 Å². The first kappa shape index (κ1) is 26.1. The van der Waals surface area contributed by atoms with E-state index in [0.717, 1.165) is 33.6 Å². The minimum Gasteiger partial charge on any atom is -0.492 e. The van der Waals surface area contributed by atoms with E-state index in [2.05, 4.69) is 26.0 Å². The van der Waals surface area contributed by atoms with Crippen LogP contribution in [0, 0.1) is 13.8 Å². The molecule has 0 aromatic heterocycles. The van der Waals surface area contributed by atoms with Gasteiger partial charge >= 0.3 is 5.97 Å². The van der Waals surface area contributed by atoms with Crippen LogP contribution in [-0.4, -0.2) is 48.2 Å². The molecule has 0 bridgehead atoms. The minimum atomic E-state index is -0.825. The van der Waals surface area contributed by atoms with E-state index in [1.807, 2.05) is 42.5 Å². The Morgan fingerprint density at radius 3 is 2.61 bits per heavy atom. The van der Waals surface area contributed by atoms with Gasteiger partial charge in [0.1, 0.15) is 30.5 Å². The monoisotopic (exact) mass is 518 g/mol. The summed E-state index contributed by atoms with van der Waals surface area (Å²) >= 11 is 0. The molecule has 2 heterocycles. The van der Waals surface area contributed by atoms with Crippen LogP contribution >= 0.6 is 0 Å². The smallest absolute Gasteiger partial charge is 0.304 e. The second-order valence-electron chi connectivity index (χ2n) is 10.2. The molecule has 0 radical (unpaired) electrons. The van der Waals surface area contributed by atoms with Crippen molar-refractivity contribution in [2.75, 3.05) is 19.8 Å². The van der Waals surface area contributed by atoms with E-state index in [4.69, 9.17) is 24.1 Å². The number of carboxylic acid groups (broad SMARTS) is 1. The molecule has 200 valence electrons. The number of fused-ring (bicyclic) bond motifs is 1. The van der Waals surface area contributed by atoms with Gasteiger partial charge in [-0.3, -0.25) is 4.79 Å². The third kappa shape index (κ3) is 6.11. The first-order valence-electron chi connectivity index (χ1n) is 13.1. The van der Waals surface area contributed by atoms with Gasteiger partial charge in [-0.05, 0) is 72.4 Å². The van der Waals surface area contributed by atoms with E-state index in [1.54, 1.807) is 0 Å². The van der Waals surface area contributed by atoms with Crippen LogP contribution in [-0.2, 0) is 16.1 Å². The topological polar surface area (TPSA) is 94.5 Å². The van der Waals surface area contributed by atoms with E-state index in [-0.39, 0.29) is 24.5 Å². The zero-order valence-electron chi connectivity index (χ0n) is 21.8. The fourth-order valence-electron chi connectivity index (χ4n) is 5.34. The summed E-state index contributed by atoms with van der Waals surface area (Å²) in [6, 6.07) is 18.0. The summed E-state index contributed by atoms with van der Waals surface area (Å²) < 4.78 is 23.5. The lowest BCUT2D eigenvalue weighted by atomic mass is 9.94. The third-order valence-electron chi connectivity index (χ3n) is 7.19. The van der Waals surface area contributed by atoms with Crippen LogP contribution in [0.25, 0.3) is 11.1 Å². The largest absolute Gasteiger partial charge is 0.492 e. The van der Waals surface area contributed by atoms with Crippen molar-refractivity contribution in [2.24, 2.45) is 0 Å². The normalized spacial score (nSPS) is 20.4. The molecular formula is C31H34O7. The predicted octanol–water partition coefficient (Wildman–Crippen LogP) is 5.42. The number of aliphatic hydroxyl groups excluding tert-OH is 1. The molecule has 7 nitrogen and oxygen atoms in total. The van der Waals surface area contributed by atoms with Crippen molar-refractivity contribution in [1.29, 1.82) is 0 Å². The van der Waals surface area contributed by atoms with Crippen molar-refractivity contribution >= 4 is 5.97 Å². The molecule has 3 atom stereocenters. The molecule has 7 heteroatoms. The van der Waals surface area contributed by atoms with Gasteiger partial charge < -0.3 is 29.2 Å². The molecule has 2 N–H and O–H groups in total. The van der Waals surface area contributed by atoms with Crippen molar-refractivity contribution in [3.05, 3.63) is 76.9 Å². The zero-order chi connectivity index (χ0) is 26.6. The van der Waals surface area contributed by atoms with Gasteiger partial charge in [-0.15, -0.1) is 0 Å². The lowest BCUT2D eigenvalue weighted by molar-refractivity contribution is -0.137. The van der Waals surface area contributed by atoms with E-state index in [0.29, 0.717) is 50.8 Å². The molecule has 2 aliphatic heterocycles. The van der Waals surface area contributed by atoms with Gasteiger partial charge in [0, 0.05) is 30.6 Å². The van der Waals surface area contributed by atoms with Crippen molar-refractivity contribution in [1.82, 2.24) is 0 Å². The molecule has 0 spiro atoms. The summed E-state index contributed by atoms with van der Waals surface area (Å²) in [4.78, 5) is 11.1. The van der Waals surface area contributed by atoms with Crippen LogP contribution in [0.1, 0.15) is 47.4 Å². The molecule has 0 saturated carbocycles. The number of aryl methyl sites for hydroxylation is 2. The highest BCUT2D eigenvalue weighted by Crippen LogP contribution is 2.38. The number of aliphatic hydroxyl groups is 1. The van der Waals surface area contributed by atoms with Gasteiger partial charge in [0.2, 0.25) is 0 Å². The third-order valence-corrected chi connectivity index (χ3v) is 7.19. The van der Waals surface area contributed by atoms with Crippen LogP contribution in [0.2, 0.25) is 0 Å². The molecule has 38 heavy (non-hydrogen) atoms. The fourth-order valence-corrected chi connectivity index (χ4v) is 5.34. The Labute approximate surface area is 222 Å². The number of ether oxygens (including phenoxy) is 4. The number of aliphatic carboxylic acids is 1. The lowest BCUT2D eigenvalue weighted by Gasteiger charge is -2.26. The van der Waals surface area contributed by atoms with Crippen molar-refractivity contribution in [3.8, 4) is 28.4 Å². The van der Waals surface area contributed by atoms with Crippen LogP contribution in [0.4, 0.5) is 0 Å². The summed E-state index contributed by atoms with van der Waals surface area (Å²) in [5.74, 6) is 1.24. The predicted molar refractivity (Wildman–Crippen MR) is 143 cm³/mol. The minimum absolute atomic E-state index is 0.0605. The number of rotatable bonds is 9. The standard InChI is InChI=1S/C31H34O7/c1-19-10-26(37-18-27-14-24(32)8-9-35-27)11-20(2)31(19)22-5-3-4-21(12-22)16-36-25-6-7-28-23(13-30(33)34)17-38-29(28)15-25/h3-7,10-12,15,23-24,27,32H,8-9,13-14,16-18H2,1-2H3,(H,33,34)/t23?,24-,27+/m1/s1. The summed E-state index contributed by atoms with van der Waals surface area (Å²) in [5, 5.41) is 19.0. The average molecular weight is 519 g/mol. The molecule has 1 fully saturated rings. The number of carboxylic acids is 1. The Balaban J connectivity index is 1.24. The van der Waals surface area contributed by atoms with Gasteiger partial charge in [-0.1, -0.05) is 24.3 Å². The molecular weight excluding hydrogens is 484 g/mol. The summed E-state index contributed by atoms with van der Waals surface area (Å²) in [6.07, 6.45) is 0.954. The molecule has 0 aliphatic carbocycles. The van der Waals surface area contributed by atoms with Crippen molar-refractivity contribution in [3.63, 3.8) is 0 Å². The van der Waals surface area contributed by atoms with Crippen molar-refractivity contribution in [2.45, 2.75) is 57.8 Å². The summed E-state index contributed by atoms with van der Waals surface area (Å²) in [5.41, 5.74) is 6.48. The fraction of sp³-hybridized carbons (Fsp3) is 0.387. The van der Waals surface area contributed by atoms with Gasteiger partial charge in [0.25, 0.3) is 0 Å². The van der Waals surface area contributed by atoms with Gasteiger partial charge in [-0.2, -0.15) is 0 Å². The van der Waals surface area contributed by atoms with Crippen molar-refractivity contribution < 1.29 is 34.0 Å². The Kier molecular flexibility index (Phi) is 7.86. The molecule has 3 aromatic rings. The molecule has 0 amide bonds. The number of carbonyl (C=O) groups is 1. The first-order valence-corrected chi connectivity index (χ1v) is 13.1. The number of hydrogen-bond acceptors (Lipinski definition) is 6. The molecule has 3 aromatic carbocycles. The first-order chi connectivity index (χ1) is 18.4.